The number of nitrogens with zero attached hydrogens (tertiary/aromatic N) is 4. The third kappa shape index (κ3) is 3.80. The fourth-order valence-electron chi connectivity index (χ4n) is 3.70. The maximum absolute atomic E-state index is 13.6. The summed E-state index contributed by atoms with van der Waals surface area (Å²) < 4.78 is 19.0. The number of anilines is 1. The van der Waals surface area contributed by atoms with Crippen LogP contribution in [0.15, 0.2) is 36.5 Å². The summed E-state index contributed by atoms with van der Waals surface area (Å²) in [6.07, 6.45) is 4.02. The number of morpholine rings is 1. The zero-order chi connectivity index (χ0) is 17.1. The van der Waals surface area contributed by atoms with Crippen molar-refractivity contribution in [2.75, 3.05) is 37.7 Å². The Morgan fingerprint density at radius 1 is 1.16 bits per heavy atom. The lowest BCUT2D eigenvalue weighted by molar-refractivity contribution is 0.122. The highest BCUT2D eigenvalue weighted by atomic mass is 19.1. The normalized spacial score (nSPS) is 21.6. The topological polar surface area (TPSA) is 41.5 Å². The Hall–Kier alpha value is -2.05. The average Bonchev–Trinajstić information content (AvgIpc) is 3.11. The van der Waals surface area contributed by atoms with E-state index >= 15 is 0 Å². The van der Waals surface area contributed by atoms with Gasteiger partial charge in [-0.05, 0) is 43.1 Å². The lowest BCUT2D eigenvalue weighted by Gasteiger charge is -2.28. The third-order valence-corrected chi connectivity index (χ3v) is 4.96. The molecular formula is C19H23FN4O. The van der Waals surface area contributed by atoms with Crippen molar-refractivity contribution in [3.05, 3.63) is 53.6 Å². The molecule has 0 radical (unpaired) electrons. The van der Waals surface area contributed by atoms with Crippen LogP contribution in [-0.4, -0.2) is 47.7 Å². The van der Waals surface area contributed by atoms with Crippen LogP contribution in [0.2, 0.25) is 0 Å². The summed E-state index contributed by atoms with van der Waals surface area (Å²) in [6, 6.07) is 9.21. The number of rotatable bonds is 4. The number of hydrogen-bond donors (Lipinski definition) is 0. The largest absolute Gasteiger partial charge is 0.378 e. The Bertz CT molecular complexity index is 720. The molecule has 2 aliphatic rings. The van der Waals surface area contributed by atoms with E-state index in [0.717, 1.165) is 69.4 Å². The third-order valence-electron chi connectivity index (χ3n) is 4.96. The van der Waals surface area contributed by atoms with E-state index in [1.165, 1.54) is 6.07 Å². The molecule has 132 valence electrons. The van der Waals surface area contributed by atoms with E-state index in [-0.39, 0.29) is 11.9 Å². The molecule has 2 fully saturated rings. The van der Waals surface area contributed by atoms with Gasteiger partial charge in [0.1, 0.15) is 5.82 Å². The van der Waals surface area contributed by atoms with Gasteiger partial charge in [-0.3, -0.25) is 4.90 Å². The highest BCUT2D eigenvalue weighted by Gasteiger charge is 2.26. The van der Waals surface area contributed by atoms with Crippen LogP contribution in [0.4, 0.5) is 10.3 Å². The first kappa shape index (κ1) is 16.4. The van der Waals surface area contributed by atoms with Gasteiger partial charge in [0.2, 0.25) is 5.95 Å². The summed E-state index contributed by atoms with van der Waals surface area (Å²) in [7, 11) is 0. The summed E-state index contributed by atoms with van der Waals surface area (Å²) >= 11 is 0. The Labute approximate surface area is 147 Å². The lowest BCUT2D eigenvalue weighted by atomic mass is 10.0. The second kappa shape index (κ2) is 7.45. The molecule has 0 N–H and O–H groups in total. The summed E-state index contributed by atoms with van der Waals surface area (Å²) in [5.74, 6) is 0.614. The fraction of sp³-hybridized carbons (Fsp3) is 0.474. The van der Waals surface area contributed by atoms with Gasteiger partial charge < -0.3 is 9.64 Å². The van der Waals surface area contributed by atoms with Gasteiger partial charge in [-0.2, -0.15) is 0 Å². The summed E-state index contributed by atoms with van der Waals surface area (Å²) in [4.78, 5) is 13.7. The van der Waals surface area contributed by atoms with Gasteiger partial charge in [-0.1, -0.05) is 12.1 Å². The van der Waals surface area contributed by atoms with E-state index < -0.39 is 0 Å². The number of aromatic nitrogens is 2. The Morgan fingerprint density at radius 2 is 2.04 bits per heavy atom. The number of ether oxygens (including phenoxy) is 1. The molecule has 5 nitrogen and oxygen atoms in total. The first-order chi connectivity index (χ1) is 12.3. The number of benzene rings is 1. The van der Waals surface area contributed by atoms with Crippen LogP contribution in [0.1, 0.15) is 30.1 Å². The Balaban J connectivity index is 1.49. The second-order valence-electron chi connectivity index (χ2n) is 6.63. The standard InChI is InChI=1S/C19H23FN4O/c20-16-4-1-3-15(13-16)18-5-2-8-24(18)14-17-6-7-21-19(22-17)23-9-11-25-12-10-23/h1,3-4,6-7,13,18H,2,5,8-12,14H2/t18-/m0/s1. The minimum absolute atomic E-state index is 0.166. The number of likely N-dealkylation sites (tertiary alicyclic amines) is 1. The van der Waals surface area contributed by atoms with E-state index in [2.05, 4.69) is 14.8 Å². The van der Waals surface area contributed by atoms with Gasteiger partial charge in [-0.25, -0.2) is 14.4 Å². The number of halogens is 1. The molecule has 0 unspecified atom stereocenters. The molecule has 0 saturated carbocycles. The van der Waals surface area contributed by atoms with Crippen molar-refractivity contribution in [1.29, 1.82) is 0 Å². The van der Waals surface area contributed by atoms with Crippen molar-refractivity contribution >= 4 is 5.95 Å². The van der Waals surface area contributed by atoms with E-state index in [4.69, 9.17) is 9.72 Å². The van der Waals surface area contributed by atoms with Crippen molar-refractivity contribution < 1.29 is 9.13 Å². The lowest BCUT2D eigenvalue weighted by Crippen LogP contribution is -2.37. The second-order valence-corrected chi connectivity index (χ2v) is 6.63. The van der Waals surface area contributed by atoms with E-state index in [1.54, 1.807) is 12.1 Å². The monoisotopic (exact) mass is 342 g/mol. The maximum atomic E-state index is 13.6. The fourth-order valence-corrected chi connectivity index (χ4v) is 3.70. The SMILES string of the molecule is Fc1cccc([C@@H]2CCCN2Cc2ccnc(N3CCOCC3)n2)c1. The Morgan fingerprint density at radius 3 is 2.88 bits per heavy atom. The van der Waals surface area contributed by atoms with Crippen molar-refractivity contribution in [3.8, 4) is 0 Å². The molecule has 25 heavy (non-hydrogen) atoms. The predicted molar refractivity (Wildman–Crippen MR) is 93.8 cm³/mol. The van der Waals surface area contributed by atoms with Crippen LogP contribution in [0.25, 0.3) is 0 Å². The molecule has 1 aromatic heterocycles. The van der Waals surface area contributed by atoms with Crippen LogP contribution >= 0.6 is 0 Å². The molecule has 6 heteroatoms. The minimum atomic E-state index is -0.166. The molecule has 0 spiro atoms. The molecule has 0 aliphatic carbocycles. The minimum Gasteiger partial charge on any atom is -0.378 e. The van der Waals surface area contributed by atoms with Crippen molar-refractivity contribution in [3.63, 3.8) is 0 Å². The van der Waals surface area contributed by atoms with Crippen LogP contribution < -0.4 is 4.90 Å². The highest BCUT2D eigenvalue weighted by molar-refractivity contribution is 5.31. The van der Waals surface area contributed by atoms with Crippen molar-refractivity contribution in [2.24, 2.45) is 0 Å². The van der Waals surface area contributed by atoms with Crippen LogP contribution in [0.5, 0.6) is 0 Å². The van der Waals surface area contributed by atoms with Gasteiger partial charge >= 0.3 is 0 Å². The molecule has 4 rings (SSSR count). The summed E-state index contributed by atoms with van der Waals surface area (Å²) in [5.41, 5.74) is 2.07. The summed E-state index contributed by atoms with van der Waals surface area (Å²) in [6.45, 7) is 4.89. The predicted octanol–water partition coefficient (Wildman–Crippen LogP) is 2.79. The average molecular weight is 342 g/mol. The molecule has 0 bridgehead atoms. The first-order valence-electron chi connectivity index (χ1n) is 8.94. The molecule has 3 heterocycles. The maximum Gasteiger partial charge on any atom is 0.225 e. The Kier molecular flexibility index (Phi) is 4.90. The van der Waals surface area contributed by atoms with Gasteiger partial charge in [0.05, 0.1) is 18.9 Å². The molecule has 1 aromatic carbocycles. The first-order valence-corrected chi connectivity index (χ1v) is 8.94. The van der Waals surface area contributed by atoms with Gasteiger partial charge in [0.25, 0.3) is 0 Å². The van der Waals surface area contributed by atoms with Gasteiger partial charge in [-0.15, -0.1) is 0 Å². The zero-order valence-corrected chi connectivity index (χ0v) is 14.3. The quantitative estimate of drug-likeness (QED) is 0.855. The van der Waals surface area contributed by atoms with Gasteiger partial charge in [0.15, 0.2) is 0 Å². The summed E-state index contributed by atoms with van der Waals surface area (Å²) in [5, 5.41) is 0. The molecule has 2 saturated heterocycles. The van der Waals surface area contributed by atoms with Crippen molar-refractivity contribution in [1.82, 2.24) is 14.9 Å². The molecule has 2 aliphatic heterocycles. The van der Waals surface area contributed by atoms with E-state index in [0.29, 0.717) is 0 Å². The van der Waals surface area contributed by atoms with E-state index in [1.807, 2.05) is 18.3 Å². The van der Waals surface area contributed by atoms with Crippen molar-refractivity contribution in [2.45, 2.75) is 25.4 Å². The van der Waals surface area contributed by atoms with Crippen LogP contribution in [0, 0.1) is 5.82 Å². The van der Waals surface area contributed by atoms with Crippen LogP contribution in [0.3, 0.4) is 0 Å². The smallest absolute Gasteiger partial charge is 0.225 e. The van der Waals surface area contributed by atoms with Gasteiger partial charge in [0, 0.05) is 31.9 Å². The van der Waals surface area contributed by atoms with Crippen LogP contribution in [-0.2, 0) is 11.3 Å². The highest BCUT2D eigenvalue weighted by Crippen LogP contribution is 2.33. The molecular weight excluding hydrogens is 319 g/mol. The number of hydrogen-bond acceptors (Lipinski definition) is 5. The van der Waals surface area contributed by atoms with E-state index in [9.17, 15) is 4.39 Å². The molecule has 0 amide bonds. The molecule has 1 atom stereocenters. The molecule has 2 aromatic rings. The zero-order valence-electron chi connectivity index (χ0n) is 14.3.